The third-order valence-electron chi connectivity index (χ3n) is 5.45. The Morgan fingerprint density at radius 1 is 1.16 bits per heavy atom. The highest BCUT2D eigenvalue weighted by molar-refractivity contribution is 7.90. The standard InChI is InChI=1S/C21H28N6O4S/c1-32(29,30)10-9-31-21-24-19(22)18-20(25-21)27(14-17(28)23-18)13-16-6-4-5-15(11-16)12-26-7-2-3-8-26/h4-6,11H,2-3,7-10,12-14H2,1H3,(H,23,28)(H2,22,24,25). The maximum Gasteiger partial charge on any atom is 0.320 e. The number of anilines is 3. The Balaban J connectivity index is 1.53. The second-order valence-corrected chi connectivity index (χ2v) is 10.5. The van der Waals surface area contributed by atoms with Crippen molar-refractivity contribution in [1.82, 2.24) is 14.9 Å². The van der Waals surface area contributed by atoms with Crippen molar-refractivity contribution in [2.45, 2.75) is 25.9 Å². The van der Waals surface area contributed by atoms with Crippen LogP contribution in [0.4, 0.5) is 17.3 Å². The number of amides is 1. The van der Waals surface area contributed by atoms with Crippen molar-refractivity contribution in [3.05, 3.63) is 35.4 Å². The minimum absolute atomic E-state index is 0.0196. The third-order valence-corrected chi connectivity index (χ3v) is 6.36. The summed E-state index contributed by atoms with van der Waals surface area (Å²) in [7, 11) is -3.18. The molecule has 0 saturated carbocycles. The summed E-state index contributed by atoms with van der Waals surface area (Å²) in [6, 6.07) is 8.30. The van der Waals surface area contributed by atoms with Crippen LogP contribution in [0.2, 0.25) is 0 Å². The van der Waals surface area contributed by atoms with Crippen molar-refractivity contribution in [2.75, 3.05) is 54.2 Å². The van der Waals surface area contributed by atoms with Gasteiger partial charge in [0.25, 0.3) is 0 Å². The molecule has 3 heterocycles. The summed E-state index contributed by atoms with van der Waals surface area (Å²) in [5, 5.41) is 2.72. The first-order valence-electron chi connectivity index (χ1n) is 10.6. The lowest BCUT2D eigenvalue weighted by Gasteiger charge is -2.30. The maximum atomic E-state index is 12.3. The number of nitrogens with zero attached hydrogens (tertiary/aromatic N) is 4. The van der Waals surface area contributed by atoms with Gasteiger partial charge in [-0.2, -0.15) is 9.97 Å². The fourth-order valence-electron chi connectivity index (χ4n) is 3.95. The number of carbonyl (C=O) groups excluding carboxylic acids is 1. The number of ether oxygens (including phenoxy) is 1. The molecule has 2 aliphatic heterocycles. The predicted molar refractivity (Wildman–Crippen MR) is 122 cm³/mol. The fourth-order valence-corrected chi connectivity index (χ4v) is 4.33. The van der Waals surface area contributed by atoms with Gasteiger partial charge in [0.05, 0.1) is 12.3 Å². The molecule has 3 N–H and O–H groups in total. The normalized spacial score (nSPS) is 16.7. The molecule has 0 bridgehead atoms. The molecule has 11 heteroatoms. The molecule has 1 amide bonds. The van der Waals surface area contributed by atoms with Gasteiger partial charge in [0, 0.05) is 19.3 Å². The summed E-state index contributed by atoms with van der Waals surface area (Å²) in [5.74, 6) is 0.172. The van der Waals surface area contributed by atoms with Crippen LogP contribution < -0.4 is 20.7 Å². The minimum atomic E-state index is -3.18. The summed E-state index contributed by atoms with van der Waals surface area (Å²) >= 11 is 0. The number of hydrogen-bond acceptors (Lipinski definition) is 9. The van der Waals surface area contributed by atoms with Crippen molar-refractivity contribution in [2.24, 2.45) is 0 Å². The van der Waals surface area contributed by atoms with E-state index in [0.717, 1.165) is 31.5 Å². The van der Waals surface area contributed by atoms with Crippen molar-refractivity contribution >= 4 is 33.1 Å². The second kappa shape index (κ2) is 9.29. The van der Waals surface area contributed by atoms with Gasteiger partial charge in [0.15, 0.2) is 21.5 Å². The van der Waals surface area contributed by atoms with Crippen LogP contribution >= 0.6 is 0 Å². The van der Waals surface area contributed by atoms with Crippen LogP contribution in [0, 0.1) is 0 Å². The lowest BCUT2D eigenvalue weighted by molar-refractivity contribution is -0.115. The molecule has 32 heavy (non-hydrogen) atoms. The number of nitrogens with two attached hydrogens (primary N) is 1. The highest BCUT2D eigenvalue weighted by atomic mass is 32.2. The Bertz CT molecular complexity index is 1100. The lowest BCUT2D eigenvalue weighted by atomic mass is 10.1. The summed E-state index contributed by atoms with van der Waals surface area (Å²) in [6.07, 6.45) is 3.62. The van der Waals surface area contributed by atoms with E-state index < -0.39 is 9.84 Å². The number of benzene rings is 1. The number of sulfone groups is 1. The van der Waals surface area contributed by atoms with Gasteiger partial charge in [-0.25, -0.2) is 8.42 Å². The first kappa shape index (κ1) is 22.3. The van der Waals surface area contributed by atoms with Gasteiger partial charge in [-0.15, -0.1) is 0 Å². The number of fused-ring (bicyclic) bond motifs is 1. The van der Waals surface area contributed by atoms with Crippen molar-refractivity contribution < 1.29 is 17.9 Å². The van der Waals surface area contributed by atoms with Crippen LogP contribution in [0.5, 0.6) is 6.01 Å². The summed E-state index contributed by atoms with van der Waals surface area (Å²) in [5.41, 5.74) is 8.66. The van der Waals surface area contributed by atoms with E-state index in [-0.39, 0.29) is 36.6 Å². The van der Waals surface area contributed by atoms with E-state index >= 15 is 0 Å². The molecule has 1 fully saturated rings. The van der Waals surface area contributed by atoms with Gasteiger partial charge in [0.1, 0.15) is 12.3 Å². The SMILES string of the molecule is CS(=O)(=O)CCOc1nc(N)c2c(n1)N(Cc1cccc(CN3CCCC3)c1)CC(=O)N2. The van der Waals surface area contributed by atoms with Gasteiger partial charge in [-0.1, -0.05) is 24.3 Å². The molecular formula is C21H28N6O4S. The Morgan fingerprint density at radius 3 is 2.59 bits per heavy atom. The summed E-state index contributed by atoms with van der Waals surface area (Å²) in [6.45, 7) is 3.67. The molecule has 0 atom stereocenters. The van der Waals surface area contributed by atoms with Gasteiger partial charge >= 0.3 is 6.01 Å². The number of aromatic nitrogens is 2. The van der Waals surface area contributed by atoms with E-state index in [1.54, 1.807) is 0 Å². The van der Waals surface area contributed by atoms with Crippen LogP contribution in [0.25, 0.3) is 0 Å². The number of rotatable bonds is 8. The van der Waals surface area contributed by atoms with Crippen LogP contribution in [0.1, 0.15) is 24.0 Å². The number of hydrogen-bond donors (Lipinski definition) is 2. The lowest BCUT2D eigenvalue weighted by Crippen LogP contribution is -2.39. The first-order valence-corrected chi connectivity index (χ1v) is 12.7. The van der Waals surface area contributed by atoms with Crippen molar-refractivity contribution in [3.63, 3.8) is 0 Å². The molecule has 0 unspecified atom stereocenters. The van der Waals surface area contributed by atoms with E-state index in [0.29, 0.717) is 18.1 Å². The van der Waals surface area contributed by atoms with Gasteiger partial charge in [0.2, 0.25) is 5.91 Å². The summed E-state index contributed by atoms with van der Waals surface area (Å²) < 4.78 is 28.1. The number of carbonyl (C=O) groups is 1. The van der Waals surface area contributed by atoms with E-state index in [1.165, 1.54) is 18.4 Å². The molecule has 0 spiro atoms. The highest BCUT2D eigenvalue weighted by Gasteiger charge is 2.27. The molecule has 1 saturated heterocycles. The molecule has 4 rings (SSSR count). The van der Waals surface area contributed by atoms with Crippen molar-refractivity contribution in [1.29, 1.82) is 0 Å². The molecule has 0 aliphatic carbocycles. The minimum Gasteiger partial charge on any atom is -0.462 e. The topological polar surface area (TPSA) is 131 Å². The van der Waals surface area contributed by atoms with E-state index in [1.807, 2.05) is 17.0 Å². The van der Waals surface area contributed by atoms with Crippen LogP contribution in [0.15, 0.2) is 24.3 Å². The zero-order valence-electron chi connectivity index (χ0n) is 18.1. The third kappa shape index (κ3) is 5.65. The van der Waals surface area contributed by atoms with Crippen LogP contribution in [-0.2, 0) is 27.7 Å². The van der Waals surface area contributed by atoms with Crippen LogP contribution in [0.3, 0.4) is 0 Å². The monoisotopic (exact) mass is 460 g/mol. The fraction of sp³-hybridized carbons (Fsp3) is 0.476. The van der Waals surface area contributed by atoms with E-state index in [9.17, 15) is 13.2 Å². The molecule has 2 aromatic rings. The Kier molecular flexibility index (Phi) is 6.47. The smallest absolute Gasteiger partial charge is 0.320 e. The summed E-state index contributed by atoms with van der Waals surface area (Å²) in [4.78, 5) is 25.0. The Labute approximate surface area is 187 Å². The largest absolute Gasteiger partial charge is 0.462 e. The first-order chi connectivity index (χ1) is 15.3. The number of likely N-dealkylation sites (tertiary alicyclic amines) is 1. The predicted octanol–water partition coefficient (Wildman–Crippen LogP) is 1.04. The van der Waals surface area contributed by atoms with Gasteiger partial charge < -0.3 is 20.7 Å². The Hall–Kier alpha value is -2.92. The molecule has 0 radical (unpaired) electrons. The van der Waals surface area contributed by atoms with E-state index in [4.69, 9.17) is 10.5 Å². The van der Waals surface area contributed by atoms with Gasteiger partial charge in [-0.05, 0) is 37.1 Å². The molecule has 1 aromatic carbocycles. The quantitative estimate of drug-likeness (QED) is 0.593. The molecule has 172 valence electrons. The second-order valence-electron chi connectivity index (χ2n) is 8.28. The Morgan fingerprint density at radius 2 is 1.88 bits per heavy atom. The number of nitrogen functional groups attached to an aromatic ring is 1. The average Bonchev–Trinajstić information content (AvgIpc) is 3.21. The number of nitrogens with one attached hydrogen (secondary N) is 1. The zero-order chi connectivity index (χ0) is 22.7. The zero-order valence-corrected chi connectivity index (χ0v) is 18.9. The molecule has 2 aliphatic rings. The maximum absolute atomic E-state index is 12.3. The highest BCUT2D eigenvalue weighted by Crippen LogP contribution is 2.34. The molecule has 10 nitrogen and oxygen atoms in total. The molecule has 1 aromatic heterocycles. The van der Waals surface area contributed by atoms with E-state index in [2.05, 4.69) is 32.3 Å². The molecular weight excluding hydrogens is 432 g/mol. The van der Waals surface area contributed by atoms with Crippen molar-refractivity contribution in [3.8, 4) is 6.01 Å². The van der Waals surface area contributed by atoms with Gasteiger partial charge in [-0.3, -0.25) is 9.69 Å². The van der Waals surface area contributed by atoms with Crippen LogP contribution in [-0.4, -0.2) is 67.4 Å². The average molecular weight is 461 g/mol.